The molecule has 0 amide bonds. The normalized spacial score (nSPS) is 10.1. The molecule has 0 N–H and O–H groups in total. The minimum absolute atomic E-state index is 0.175. The Morgan fingerprint density at radius 2 is 2.44 bits per heavy atom. The molecule has 1 aromatic heterocycles. The molecule has 0 bridgehead atoms. The van der Waals surface area contributed by atoms with Gasteiger partial charge in [-0.15, -0.1) is 0 Å². The first-order valence-corrected chi connectivity index (χ1v) is 2.80. The van der Waals surface area contributed by atoms with Crippen LogP contribution in [0.15, 0.2) is 4.52 Å². The van der Waals surface area contributed by atoms with E-state index in [2.05, 4.69) is 9.68 Å². The standard InChI is InChI=1S/C5H5ClFNO/c1-3-5(6)4(2-7)8-9-3/h2H2,1H3. The van der Waals surface area contributed by atoms with Crippen LogP contribution in [0.4, 0.5) is 4.39 Å². The Kier molecular flexibility index (Phi) is 1.71. The van der Waals surface area contributed by atoms with Crippen LogP contribution in [0.5, 0.6) is 0 Å². The Bertz CT molecular complexity index is 211. The molecule has 0 aromatic carbocycles. The van der Waals surface area contributed by atoms with Gasteiger partial charge in [0.2, 0.25) is 0 Å². The molecule has 0 saturated carbocycles. The van der Waals surface area contributed by atoms with E-state index in [0.29, 0.717) is 5.76 Å². The third-order valence-corrected chi connectivity index (χ3v) is 1.47. The first-order chi connectivity index (χ1) is 4.25. The number of aryl methyl sites for hydroxylation is 1. The number of hydrogen-bond donors (Lipinski definition) is 0. The highest BCUT2D eigenvalue weighted by Gasteiger charge is 2.08. The SMILES string of the molecule is Cc1onc(CF)c1Cl. The van der Waals surface area contributed by atoms with Crippen LogP contribution in [0.3, 0.4) is 0 Å². The summed E-state index contributed by atoms with van der Waals surface area (Å²) < 4.78 is 16.4. The fraction of sp³-hybridized carbons (Fsp3) is 0.400. The molecular weight excluding hydrogens is 145 g/mol. The highest BCUT2D eigenvalue weighted by atomic mass is 35.5. The van der Waals surface area contributed by atoms with E-state index in [1.165, 1.54) is 0 Å². The fourth-order valence-electron chi connectivity index (χ4n) is 0.490. The Morgan fingerprint density at radius 3 is 2.67 bits per heavy atom. The third-order valence-electron chi connectivity index (χ3n) is 0.982. The molecule has 0 aliphatic carbocycles. The van der Waals surface area contributed by atoms with Crippen LogP contribution in [0.2, 0.25) is 5.02 Å². The number of alkyl halides is 1. The van der Waals surface area contributed by atoms with Gasteiger partial charge in [0.1, 0.15) is 17.4 Å². The first-order valence-electron chi connectivity index (χ1n) is 2.42. The van der Waals surface area contributed by atoms with Crippen molar-refractivity contribution in [2.45, 2.75) is 13.6 Å². The molecule has 0 aliphatic heterocycles. The van der Waals surface area contributed by atoms with Crippen molar-refractivity contribution in [2.24, 2.45) is 0 Å². The van der Waals surface area contributed by atoms with Gasteiger partial charge in [-0.25, -0.2) is 4.39 Å². The molecule has 0 radical (unpaired) electrons. The molecule has 0 fully saturated rings. The zero-order valence-electron chi connectivity index (χ0n) is 4.82. The minimum atomic E-state index is -0.670. The van der Waals surface area contributed by atoms with Gasteiger partial charge >= 0.3 is 0 Å². The lowest BCUT2D eigenvalue weighted by Crippen LogP contribution is -1.75. The summed E-state index contributed by atoms with van der Waals surface area (Å²) in [4.78, 5) is 0. The molecule has 1 aromatic rings. The summed E-state index contributed by atoms with van der Waals surface area (Å²) in [5, 5.41) is 3.64. The maximum Gasteiger partial charge on any atom is 0.152 e. The van der Waals surface area contributed by atoms with Crippen LogP contribution >= 0.6 is 11.6 Å². The molecule has 0 spiro atoms. The Morgan fingerprint density at radius 1 is 1.78 bits per heavy atom. The van der Waals surface area contributed by atoms with Gasteiger partial charge < -0.3 is 4.52 Å². The Balaban J connectivity index is 3.04. The van der Waals surface area contributed by atoms with Crippen LogP contribution in [-0.4, -0.2) is 5.16 Å². The summed E-state index contributed by atoms with van der Waals surface area (Å²) in [6.45, 7) is 0.963. The highest BCUT2D eigenvalue weighted by Crippen LogP contribution is 2.19. The molecule has 9 heavy (non-hydrogen) atoms. The van der Waals surface area contributed by atoms with Gasteiger partial charge in [-0.1, -0.05) is 16.8 Å². The van der Waals surface area contributed by atoms with Crippen LogP contribution in [0.1, 0.15) is 11.5 Å². The maximum atomic E-state index is 11.8. The van der Waals surface area contributed by atoms with Crippen LogP contribution in [-0.2, 0) is 6.67 Å². The molecule has 1 rings (SSSR count). The lowest BCUT2D eigenvalue weighted by Gasteiger charge is -1.81. The number of hydrogen-bond acceptors (Lipinski definition) is 2. The van der Waals surface area contributed by atoms with Gasteiger partial charge in [-0.3, -0.25) is 0 Å². The number of rotatable bonds is 1. The lowest BCUT2D eigenvalue weighted by atomic mass is 10.4. The van der Waals surface area contributed by atoms with E-state index in [-0.39, 0.29) is 10.7 Å². The quantitative estimate of drug-likeness (QED) is 0.611. The number of aromatic nitrogens is 1. The van der Waals surface area contributed by atoms with Crippen molar-refractivity contribution in [3.63, 3.8) is 0 Å². The molecule has 4 heteroatoms. The van der Waals surface area contributed by atoms with E-state index in [0.717, 1.165) is 0 Å². The summed E-state index contributed by atoms with van der Waals surface area (Å²) in [7, 11) is 0. The van der Waals surface area contributed by atoms with E-state index < -0.39 is 6.67 Å². The third kappa shape index (κ3) is 1.05. The van der Waals surface area contributed by atoms with Crippen molar-refractivity contribution in [3.8, 4) is 0 Å². The first kappa shape index (κ1) is 6.55. The molecule has 0 atom stereocenters. The molecular formula is C5H5ClFNO. The highest BCUT2D eigenvalue weighted by molar-refractivity contribution is 6.31. The Hall–Kier alpha value is -0.570. The lowest BCUT2D eigenvalue weighted by molar-refractivity contribution is 0.373. The van der Waals surface area contributed by atoms with Crippen molar-refractivity contribution in [2.75, 3.05) is 0 Å². The van der Waals surface area contributed by atoms with Crippen LogP contribution in [0.25, 0.3) is 0 Å². The van der Waals surface area contributed by atoms with Crippen molar-refractivity contribution in [3.05, 3.63) is 16.5 Å². The topological polar surface area (TPSA) is 26.0 Å². The van der Waals surface area contributed by atoms with Crippen molar-refractivity contribution < 1.29 is 8.91 Å². The van der Waals surface area contributed by atoms with Gasteiger partial charge in [-0.2, -0.15) is 0 Å². The predicted octanol–water partition coefficient (Wildman–Crippen LogP) is 2.11. The van der Waals surface area contributed by atoms with Gasteiger partial charge in [0.25, 0.3) is 0 Å². The summed E-state index contributed by atoms with van der Waals surface area (Å²) >= 11 is 5.51. The molecule has 0 saturated heterocycles. The predicted molar refractivity (Wildman–Crippen MR) is 31.1 cm³/mol. The van der Waals surface area contributed by atoms with Crippen LogP contribution in [0, 0.1) is 6.92 Å². The molecule has 0 unspecified atom stereocenters. The van der Waals surface area contributed by atoms with E-state index in [4.69, 9.17) is 11.6 Å². The molecule has 50 valence electrons. The van der Waals surface area contributed by atoms with Crippen molar-refractivity contribution in [1.29, 1.82) is 0 Å². The van der Waals surface area contributed by atoms with E-state index in [1.54, 1.807) is 6.92 Å². The number of nitrogens with zero attached hydrogens (tertiary/aromatic N) is 1. The van der Waals surface area contributed by atoms with Gasteiger partial charge in [0, 0.05) is 0 Å². The maximum absolute atomic E-state index is 11.8. The van der Waals surface area contributed by atoms with E-state index in [1.807, 2.05) is 0 Å². The van der Waals surface area contributed by atoms with Crippen molar-refractivity contribution in [1.82, 2.24) is 5.16 Å². The minimum Gasteiger partial charge on any atom is -0.360 e. The molecule has 0 aliphatic rings. The summed E-state index contributed by atoms with van der Waals surface area (Å²) in [5.74, 6) is 0.462. The van der Waals surface area contributed by atoms with Gasteiger partial charge in [-0.05, 0) is 6.92 Å². The van der Waals surface area contributed by atoms with E-state index in [9.17, 15) is 4.39 Å². The van der Waals surface area contributed by atoms with Gasteiger partial charge in [0.15, 0.2) is 5.76 Å². The summed E-state index contributed by atoms with van der Waals surface area (Å²) in [6, 6.07) is 0. The van der Waals surface area contributed by atoms with Gasteiger partial charge in [0.05, 0.1) is 0 Å². The summed E-state index contributed by atoms with van der Waals surface area (Å²) in [6.07, 6.45) is 0. The fourth-order valence-corrected chi connectivity index (χ4v) is 0.609. The smallest absolute Gasteiger partial charge is 0.152 e. The van der Waals surface area contributed by atoms with E-state index >= 15 is 0 Å². The average molecular weight is 150 g/mol. The number of halogens is 2. The van der Waals surface area contributed by atoms with Crippen LogP contribution < -0.4 is 0 Å². The molecule has 2 nitrogen and oxygen atoms in total. The zero-order chi connectivity index (χ0) is 6.85. The second-order valence-electron chi connectivity index (χ2n) is 1.63. The Labute approximate surface area is 56.6 Å². The second-order valence-corrected chi connectivity index (χ2v) is 2.01. The zero-order valence-corrected chi connectivity index (χ0v) is 5.57. The largest absolute Gasteiger partial charge is 0.360 e. The monoisotopic (exact) mass is 149 g/mol. The van der Waals surface area contributed by atoms with Crippen molar-refractivity contribution >= 4 is 11.6 Å². The summed E-state index contributed by atoms with van der Waals surface area (Å²) in [5.41, 5.74) is 0.175. The second kappa shape index (κ2) is 2.35. The average Bonchev–Trinajstić information content (AvgIpc) is 2.15. The molecule has 1 heterocycles.